The van der Waals surface area contributed by atoms with Crippen molar-refractivity contribution >= 4 is 15.8 Å². The molecule has 1 aromatic rings. The van der Waals surface area contributed by atoms with Gasteiger partial charge in [-0.05, 0) is 25.0 Å². The fourth-order valence-electron chi connectivity index (χ4n) is 1.77. The molecule has 18 heavy (non-hydrogen) atoms. The summed E-state index contributed by atoms with van der Waals surface area (Å²) in [6, 6.07) is 6.26. The SMILES string of the molecule is CCC(C)C(C(=O)O)S(=O)(=O)c1ccc(C)cc1. The fraction of sp³-hybridized carbons (Fsp3) is 0.462. The highest BCUT2D eigenvalue weighted by molar-refractivity contribution is 7.92. The van der Waals surface area contributed by atoms with Crippen LogP contribution in [0.5, 0.6) is 0 Å². The topological polar surface area (TPSA) is 71.4 Å². The zero-order valence-corrected chi connectivity index (χ0v) is 11.6. The molecule has 0 amide bonds. The predicted octanol–water partition coefficient (Wildman–Crippen LogP) is 2.27. The molecule has 0 heterocycles. The minimum absolute atomic E-state index is 0.0702. The number of carbonyl (C=O) groups is 1. The van der Waals surface area contributed by atoms with Crippen LogP contribution in [-0.2, 0) is 14.6 Å². The first-order chi connectivity index (χ1) is 8.30. The van der Waals surface area contributed by atoms with Crippen LogP contribution >= 0.6 is 0 Å². The highest BCUT2D eigenvalue weighted by Gasteiger charge is 2.37. The lowest BCUT2D eigenvalue weighted by Crippen LogP contribution is -2.36. The Morgan fingerprint density at radius 2 is 1.78 bits per heavy atom. The Morgan fingerprint density at radius 1 is 1.28 bits per heavy atom. The number of hydrogen-bond donors (Lipinski definition) is 1. The zero-order chi connectivity index (χ0) is 13.9. The molecule has 0 aliphatic heterocycles. The first kappa shape index (κ1) is 14.7. The van der Waals surface area contributed by atoms with Gasteiger partial charge in [-0.3, -0.25) is 4.79 Å². The largest absolute Gasteiger partial charge is 0.480 e. The number of carboxylic acid groups (broad SMARTS) is 1. The molecule has 0 spiro atoms. The van der Waals surface area contributed by atoms with E-state index in [2.05, 4.69) is 0 Å². The lowest BCUT2D eigenvalue weighted by Gasteiger charge is -2.19. The molecule has 1 aromatic carbocycles. The number of sulfone groups is 1. The van der Waals surface area contributed by atoms with Gasteiger partial charge >= 0.3 is 5.97 Å². The minimum atomic E-state index is -3.83. The maximum absolute atomic E-state index is 12.3. The van der Waals surface area contributed by atoms with Crippen molar-refractivity contribution in [1.82, 2.24) is 0 Å². The molecule has 0 saturated carbocycles. The van der Waals surface area contributed by atoms with Gasteiger partial charge in [0.05, 0.1) is 4.90 Å². The van der Waals surface area contributed by atoms with Crippen LogP contribution in [0.4, 0.5) is 0 Å². The smallest absolute Gasteiger partial charge is 0.322 e. The Labute approximate surface area is 108 Å². The zero-order valence-electron chi connectivity index (χ0n) is 10.8. The van der Waals surface area contributed by atoms with Gasteiger partial charge in [0.1, 0.15) is 0 Å². The molecule has 0 aliphatic rings. The van der Waals surface area contributed by atoms with Gasteiger partial charge in [-0.25, -0.2) is 8.42 Å². The second-order valence-corrected chi connectivity index (χ2v) is 6.57. The number of aliphatic carboxylic acids is 1. The quantitative estimate of drug-likeness (QED) is 0.891. The van der Waals surface area contributed by atoms with Crippen LogP contribution in [0, 0.1) is 12.8 Å². The van der Waals surface area contributed by atoms with Gasteiger partial charge < -0.3 is 5.11 Å². The van der Waals surface area contributed by atoms with Crippen LogP contribution in [0.3, 0.4) is 0 Å². The summed E-state index contributed by atoms with van der Waals surface area (Å²) in [6.45, 7) is 5.27. The Kier molecular flexibility index (Phi) is 4.51. The summed E-state index contributed by atoms with van der Waals surface area (Å²) in [5, 5.41) is 7.76. The van der Waals surface area contributed by atoms with E-state index in [1.54, 1.807) is 26.0 Å². The average molecular weight is 270 g/mol. The standard InChI is InChI=1S/C13H18O4S/c1-4-10(3)12(13(14)15)18(16,17)11-7-5-9(2)6-8-11/h5-8,10,12H,4H2,1-3H3,(H,14,15). The third kappa shape index (κ3) is 2.90. The van der Waals surface area contributed by atoms with Crippen molar-refractivity contribution in [2.45, 2.75) is 37.3 Å². The van der Waals surface area contributed by atoms with Gasteiger partial charge in [0.25, 0.3) is 0 Å². The summed E-state index contributed by atoms with van der Waals surface area (Å²) in [4.78, 5) is 11.3. The molecule has 2 unspecified atom stereocenters. The van der Waals surface area contributed by atoms with Crippen molar-refractivity contribution in [2.75, 3.05) is 0 Å². The van der Waals surface area contributed by atoms with E-state index in [-0.39, 0.29) is 4.90 Å². The third-order valence-electron chi connectivity index (χ3n) is 3.09. The molecular formula is C13H18O4S. The molecule has 4 nitrogen and oxygen atoms in total. The molecule has 100 valence electrons. The number of hydrogen-bond acceptors (Lipinski definition) is 3. The maximum atomic E-state index is 12.3. The Morgan fingerprint density at radius 3 is 2.17 bits per heavy atom. The van der Waals surface area contributed by atoms with E-state index in [1.807, 2.05) is 6.92 Å². The van der Waals surface area contributed by atoms with Gasteiger partial charge in [0, 0.05) is 0 Å². The van der Waals surface area contributed by atoms with Gasteiger partial charge in [0.2, 0.25) is 0 Å². The van der Waals surface area contributed by atoms with Crippen molar-refractivity contribution < 1.29 is 18.3 Å². The molecule has 0 bridgehead atoms. The fourth-order valence-corrected chi connectivity index (χ4v) is 3.65. The number of aryl methyl sites for hydroxylation is 1. The van der Waals surface area contributed by atoms with E-state index in [4.69, 9.17) is 5.11 Å². The van der Waals surface area contributed by atoms with E-state index < -0.39 is 27.0 Å². The van der Waals surface area contributed by atoms with Gasteiger partial charge in [-0.15, -0.1) is 0 Å². The van der Waals surface area contributed by atoms with Crippen molar-refractivity contribution in [3.63, 3.8) is 0 Å². The van der Waals surface area contributed by atoms with Crippen LogP contribution in [0.2, 0.25) is 0 Å². The first-order valence-electron chi connectivity index (χ1n) is 5.84. The van der Waals surface area contributed by atoms with Crippen molar-refractivity contribution in [2.24, 2.45) is 5.92 Å². The molecule has 0 radical (unpaired) electrons. The summed E-state index contributed by atoms with van der Waals surface area (Å²) < 4.78 is 24.6. The molecule has 0 fully saturated rings. The van der Waals surface area contributed by atoms with Gasteiger partial charge in [-0.1, -0.05) is 38.0 Å². The Balaban J connectivity index is 3.25. The van der Waals surface area contributed by atoms with E-state index in [9.17, 15) is 13.2 Å². The normalized spacial score (nSPS) is 15.1. The minimum Gasteiger partial charge on any atom is -0.480 e. The molecule has 1 N–H and O–H groups in total. The highest BCUT2D eigenvalue weighted by atomic mass is 32.2. The molecular weight excluding hydrogens is 252 g/mol. The van der Waals surface area contributed by atoms with E-state index in [0.717, 1.165) is 5.56 Å². The summed E-state index contributed by atoms with van der Waals surface area (Å²) in [5.74, 6) is -1.71. The second kappa shape index (κ2) is 5.52. The van der Waals surface area contributed by atoms with Crippen LogP contribution in [0.15, 0.2) is 29.2 Å². The summed E-state index contributed by atoms with van der Waals surface area (Å²) in [5.41, 5.74) is 0.935. The molecule has 0 aliphatic carbocycles. The van der Waals surface area contributed by atoms with Gasteiger partial charge in [-0.2, -0.15) is 0 Å². The van der Waals surface area contributed by atoms with Crippen LogP contribution in [-0.4, -0.2) is 24.7 Å². The first-order valence-corrected chi connectivity index (χ1v) is 7.38. The molecule has 0 saturated heterocycles. The highest BCUT2D eigenvalue weighted by Crippen LogP contribution is 2.24. The predicted molar refractivity (Wildman–Crippen MR) is 69.2 cm³/mol. The van der Waals surface area contributed by atoms with Gasteiger partial charge in [0.15, 0.2) is 15.1 Å². The number of carboxylic acids is 1. The van der Waals surface area contributed by atoms with Crippen molar-refractivity contribution in [1.29, 1.82) is 0 Å². The van der Waals surface area contributed by atoms with E-state index in [0.29, 0.717) is 6.42 Å². The number of benzene rings is 1. The van der Waals surface area contributed by atoms with Crippen LogP contribution in [0.1, 0.15) is 25.8 Å². The monoisotopic (exact) mass is 270 g/mol. The lowest BCUT2D eigenvalue weighted by molar-refractivity contribution is -0.137. The van der Waals surface area contributed by atoms with E-state index >= 15 is 0 Å². The Hall–Kier alpha value is -1.36. The second-order valence-electron chi connectivity index (χ2n) is 4.50. The van der Waals surface area contributed by atoms with Crippen molar-refractivity contribution in [3.8, 4) is 0 Å². The van der Waals surface area contributed by atoms with E-state index in [1.165, 1.54) is 12.1 Å². The molecule has 0 aromatic heterocycles. The number of rotatable bonds is 5. The molecule has 2 atom stereocenters. The molecule has 1 rings (SSSR count). The van der Waals surface area contributed by atoms with Crippen LogP contribution in [0.25, 0.3) is 0 Å². The summed E-state index contributed by atoms with van der Waals surface area (Å²) in [7, 11) is -3.83. The third-order valence-corrected chi connectivity index (χ3v) is 5.35. The average Bonchev–Trinajstić information content (AvgIpc) is 2.28. The summed E-state index contributed by atoms with van der Waals surface area (Å²) in [6.07, 6.45) is 0.502. The Bertz CT molecular complexity index is 516. The van der Waals surface area contributed by atoms with Crippen molar-refractivity contribution in [3.05, 3.63) is 29.8 Å². The summed E-state index contributed by atoms with van der Waals surface area (Å²) >= 11 is 0. The maximum Gasteiger partial charge on any atom is 0.322 e. The lowest BCUT2D eigenvalue weighted by atomic mass is 10.1. The van der Waals surface area contributed by atoms with Crippen LogP contribution < -0.4 is 0 Å². The molecule has 5 heteroatoms.